The van der Waals surface area contributed by atoms with E-state index in [2.05, 4.69) is 0 Å². The van der Waals surface area contributed by atoms with E-state index in [1.807, 2.05) is 48.9 Å². The zero-order chi connectivity index (χ0) is 13.3. The molecule has 3 heteroatoms. The number of benzene rings is 1. The van der Waals surface area contributed by atoms with Crippen LogP contribution in [0.2, 0.25) is 0 Å². The van der Waals surface area contributed by atoms with Gasteiger partial charge in [0.1, 0.15) is 5.54 Å². The van der Waals surface area contributed by atoms with Crippen LogP contribution in [0.15, 0.2) is 30.5 Å². The van der Waals surface area contributed by atoms with Crippen LogP contribution in [0.3, 0.4) is 0 Å². The van der Waals surface area contributed by atoms with Crippen molar-refractivity contribution in [2.45, 2.75) is 39.2 Å². The van der Waals surface area contributed by atoms with E-state index in [9.17, 15) is 9.90 Å². The van der Waals surface area contributed by atoms with Crippen molar-refractivity contribution < 1.29 is 9.90 Å². The highest BCUT2D eigenvalue weighted by Gasteiger charge is 2.35. The van der Waals surface area contributed by atoms with E-state index in [1.165, 1.54) is 0 Å². The standard InChI is InChI=1S/C15H19NO2/c1-4-9-15(3,14(17)18)16-10-11(2)12-7-5-6-8-13(12)16/h5-8,10H,4,9H2,1-3H3,(H,17,18). The van der Waals surface area contributed by atoms with Gasteiger partial charge in [0.15, 0.2) is 0 Å². The van der Waals surface area contributed by atoms with Crippen molar-refractivity contribution in [3.05, 3.63) is 36.0 Å². The summed E-state index contributed by atoms with van der Waals surface area (Å²) in [5, 5.41) is 10.7. The highest BCUT2D eigenvalue weighted by molar-refractivity contribution is 5.87. The maximum atomic E-state index is 11.6. The Morgan fingerprint density at radius 1 is 1.39 bits per heavy atom. The van der Waals surface area contributed by atoms with Crippen LogP contribution in [-0.2, 0) is 10.3 Å². The van der Waals surface area contributed by atoms with Crippen molar-refractivity contribution in [1.82, 2.24) is 4.57 Å². The molecule has 1 heterocycles. The van der Waals surface area contributed by atoms with Crippen LogP contribution < -0.4 is 0 Å². The zero-order valence-electron chi connectivity index (χ0n) is 11.1. The summed E-state index contributed by atoms with van der Waals surface area (Å²) < 4.78 is 1.91. The summed E-state index contributed by atoms with van der Waals surface area (Å²) in [4.78, 5) is 11.6. The van der Waals surface area contributed by atoms with Gasteiger partial charge in [-0.3, -0.25) is 0 Å². The Balaban J connectivity index is 2.69. The Morgan fingerprint density at radius 2 is 2.06 bits per heavy atom. The van der Waals surface area contributed by atoms with Crippen molar-refractivity contribution in [3.63, 3.8) is 0 Å². The summed E-state index contributed by atoms with van der Waals surface area (Å²) in [5.74, 6) is -0.773. The van der Waals surface area contributed by atoms with Crippen molar-refractivity contribution >= 4 is 16.9 Å². The van der Waals surface area contributed by atoms with Gasteiger partial charge in [-0.1, -0.05) is 31.5 Å². The number of carboxylic acid groups (broad SMARTS) is 1. The summed E-state index contributed by atoms with van der Waals surface area (Å²) in [6, 6.07) is 7.96. The molecule has 1 N–H and O–H groups in total. The van der Waals surface area contributed by atoms with Gasteiger partial charge >= 0.3 is 5.97 Å². The van der Waals surface area contributed by atoms with Crippen LogP contribution in [0.4, 0.5) is 0 Å². The molecule has 0 saturated carbocycles. The first-order valence-corrected chi connectivity index (χ1v) is 6.31. The van der Waals surface area contributed by atoms with Crippen molar-refractivity contribution in [1.29, 1.82) is 0 Å². The highest BCUT2D eigenvalue weighted by atomic mass is 16.4. The van der Waals surface area contributed by atoms with E-state index in [1.54, 1.807) is 6.92 Å². The number of para-hydroxylation sites is 1. The predicted molar refractivity (Wildman–Crippen MR) is 72.9 cm³/mol. The molecule has 0 aliphatic heterocycles. The SMILES string of the molecule is CCCC(C)(C(=O)O)n1cc(C)c2ccccc21. The number of nitrogens with zero attached hydrogens (tertiary/aromatic N) is 1. The molecular formula is C15H19NO2. The molecule has 0 bridgehead atoms. The highest BCUT2D eigenvalue weighted by Crippen LogP contribution is 2.30. The fourth-order valence-electron chi connectivity index (χ4n) is 2.58. The van der Waals surface area contributed by atoms with Gasteiger partial charge < -0.3 is 9.67 Å². The van der Waals surface area contributed by atoms with E-state index in [4.69, 9.17) is 0 Å². The monoisotopic (exact) mass is 245 g/mol. The van der Waals surface area contributed by atoms with E-state index >= 15 is 0 Å². The van der Waals surface area contributed by atoms with Gasteiger partial charge in [0.2, 0.25) is 0 Å². The normalized spacial score (nSPS) is 14.6. The van der Waals surface area contributed by atoms with Gasteiger partial charge in [-0.15, -0.1) is 0 Å². The number of hydrogen-bond acceptors (Lipinski definition) is 1. The summed E-state index contributed by atoms with van der Waals surface area (Å²) in [6.45, 7) is 5.83. The Bertz CT molecular complexity index is 585. The Labute approximate surface area is 107 Å². The number of carboxylic acids is 1. The first-order chi connectivity index (χ1) is 8.50. The number of aromatic nitrogens is 1. The molecule has 1 unspecified atom stereocenters. The smallest absolute Gasteiger partial charge is 0.329 e. The van der Waals surface area contributed by atoms with E-state index in [0.717, 1.165) is 22.9 Å². The van der Waals surface area contributed by atoms with Gasteiger partial charge in [0.05, 0.1) is 0 Å². The minimum atomic E-state index is -0.872. The molecule has 1 aromatic heterocycles. The van der Waals surface area contributed by atoms with Gasteiger partial charge in [-0.2, -0.15) is 0 Å². The molecule has 0 aliphatic carbocycles. The Kier molecular flexibility index (Phi) is 3.16. The van der Waals surface area contributed by atoms with Gasteiger partial charge in [-0.05, 0) is 31.9 Å². The average Bonchev–Trinajstić information content (AvgIpc) is 2.68. The number of fused-ring (bicyclic) bond motifs is 1. The molecular weight excluding hydrogens is 226 g/mol. The molecule has 96 valence electrons. The third-order valence-electron chi connectivity index (χ3n) is 3.64. The van der Waals surface area contributed by atoms with Gasteiger partial charge in [0.25, 0.3) is 0 Å². The molecule has 2 aromatic rings. The maximum Gasteiger partial charge on any atom is 0.329 e. The average molecular weight is 245 g/mol. The third-order valence-corrected chi connectivity index (χ3v) is 3.64. The fourth-order valence-corrected chi connectivity index (χ4v) is 2.58. The Morgan fingerprint density at radius 3 is 2.67 bits per heavy atom. The Hall–Kier alpha value is -1.77. The molecule has 1 aromatic carbocycles. The lowest BCUT2D eigenvalue weighted by Crippen LogP contribution is -2.38. The van der Waals surface area contributed by atoms with Crippen LogP contribution in [0.25, 0.3) is 10.9 Å². The van der Waals surface area contributed by atoms with E-state index < -0.39 is 11.5 Å². The zero-order valence-corrected chi connectivity index (χ0v) is 11.1. The molecule has 0 aliphatic rings. The fraction of sp³-hybridized carbons (Fsp3) is 0.400. The molecule has 0 fully saturated rings. The molecule has 0 saturated heterocycles. The number of carbonyl (C=O) groups is 1. The lowest BCUT2D eigenvalue weighted by atomic mass is 9.96. The maximum absolute atomic E-state index is 11.6. The van der Waals surface area contributed by atoms with Crippen LogP contribution in [-0.4, -0.2) is 15.6 Å². The van der Waals surface area contributed by atoms with E-state index in [-0.39, 0.29) is 0 Å². The van der Waals surface area contributed by atoms with Gasteiger partial charge in [-0.25, -0.2) is 4.79 Å². The first-order valence-electron chi connectivity index (χ1n) is 6.31. The molecule has 0 amide bonds. The summed E-state index contributed by atoms with van der Waals surface area (Å²) in [6.07, 6.45) is 3.42. The molecule has 0 radical (unpaired) electrons. The summed E-state index contributed by atoms with van der Waals surface area (Å²) in [7, 11) is 0. The molecule has 2 rings (SSSR count). The predicted octanol–water partition coefficient (Wildman–Crippen LogP) is 3.55. The quantitative estimate of drug-likeness (QED) is 0.895. The number of aliphatic carboxylic acids is 1. The number of rotatable bonds is 4. The minimum Gasteiger partial charge on any atom is -0.479 e. The molecule has 3 nitrogen and oxygen atoms in total. The van der Waals surface area contributed by atoms with Crippen LogP contribution in [0.5, 0.6) is 0 Å². The second-order valence-electron chi connectivity index (χ2n) is 5.03. The van der Waals surface area contributed by atoms with Crippen LogP contribution in [0, 0.1) is 6.92 Å². The topological polar surface area (TPSA) is 42.2 Å². The molecule has 0 spiro atoms. The van der Waals surface area contributed by atoms with Crippen LogP contribution in [0.1, 0.15) is 32.3 Å². The lowest BCUT2D eigenvalue weighted by Gasteiger charge is -2.27. The second-order valence-corrected chi connectivity index (χ2v) is 5.03. The third kappa shape index (κ3) is 1.80. The van der Waals surface area contributed by atoms with Crippen molar-refractivity contribution in [2.75, 3.05) is 0 Å². The lowest BCUT2D eigenvalue weighted by molar-refractivity contribution is -0.146. The second kappa shape index (κ2) is 4.48. The largest absolute Gasteiger partial charge is 0.479 e. The summed E-state index contributed by atoms with van der Waals surface area (Å²) >= 11 is 0. The number of hydrogen-bond donors (Lipinski definition) is 1. The first kappa shape index (κ1) is 12.7. The molecule has 1 atom stereocenters. The summed E-state index contributed by atoms with van der Waals surface area (Å²) in [5.41, 5.74) is 1.24. The van der Waals surface area contributed by atoms with E-state index in [0.29, 0.717) is 6.42 Å². The number of aryl methyl sites for hydroxylation is 1. The molecule has 18 heavy (non-hydrogen) atoms. The van der Waals surface area contributed by atoms with Crippen LogP contribution >= 0.6 is 0 Å². The van der Waals surface area contributed by atoms with Crippen molar-refractivity contribution in [2.24, 2.45) is 0 Å². The van der Waals surface area contributed by atoms with Gasteiger partial charge in [0, 0.05) is 17.1 Å². The minimum absolute atomic E-state index is 0.625. The van der Waals surface area contributed by atoms with Crippen molar-refractivity contribution in [3.8, 4) is 0 Å².